The van der Waals surface area contributed by atoms with Crippen molar-refractivity contribution >= 4 is 23.2 Å². The Kier molecular flexibility index (Phi) is 9.91. The van der Waals surface area contributed by atoms with Crippen LogP contribution >= 0.6 is 0 Å². The third-order valence-corrected chi connectivity index (χ3v) is 8.00. The lowest BCUT2D eigenvalue weighted by molar-refractivity contribution is 0.0526. The second kappa shape index (κ2) is 13.3. The number of morpholine rings is 1. The quantitative estimate of drug-likeness (QED) is 0.334. The van der Waals surface area contributed by atoms with Crippen molar-refractivity contribution in [3.05, 3.63) is 65.5 Å². The predicted molar refractivity (Wildman–Crippen MR) is 162 cm³/mol. The average molecular weight is 605 g/mol. The van der Waals surface area contributed by atoms with Crippen molar-refractivity contribution in [1.82, 2.24) is 14.9 Å². The molecule has 43 heavy (non-hydrogen) atoms. The van der Waals surface area contributed by atoms with Crippen molar-refractivity contribution in [2.24, 2.45) is 0 Å². The zero-order chi connectivity index (χ0) is 30.1. The Morgan fingerprint density at radius 2 is 1.70 bits per heavy atom. The van der Waals surface area contributed by atoms with E-state index in [2.05, 4.69) is 20.2 Å². The number of hydrogen-bond donors (Lipinski definition) is 1. The van der Waals surface area contributed by atoms with Gasteiger partial charge in [-0.15, -0.1) is 0 Å². The van der Waals surface area contributed by atoms with Crippen LogP contribution in [0.5, 0.6) is 0 Å². The fraction of sp³-hybridized carbons (Fsp3) is 0.452. The lowest BCUT2D eigenvalue weighted by Crippen LogP contribution is -2.55. The Morgan fingerprint density at radius 1 is 1.02 bits per heavy atom. The van der Waals surface area contributed by atoms with E-state index < -0.39 is 29.5 Å². The lowest BCUT2D eigenvalue weighted by atomic mass is 10.0. The maximum absolute atomic E-state index is 15.7. The van der Waals surface area contributed by atoms with Crippen LogP contribution in [-0.4, -0.2) is 78.8 Å². The van der Waals surface area contributed by atoms with Gasteiger partial charge in [0.05, 0.1) is 24.1 Å². The summed E-state index contributed by atoms with van der Waals surface area (Å²) in [6.07, 6.45) is 0.00115. The summed E-state index contributed by atoms with van der Waals surface area (Å²) in [6.45, 7) is 8.98. The van der Waals surface area contributed by atoms with Gasteiger partial charge in [-0.05, 0) is 58.2 Å². The maximum Gasteiger partial charge on any atom is 0.264 e. The number of nitrogens with zero attached hydrogens (tertiary/aromatic N) is 5. The third kappa shape index (κ3) is 6.91. The topological polar surface area (TPSA) is 73.8 Å². The lowest BCUT2D eigenvalue weighted by Gasteiger charge is -2.44. The number of carbonyl (C=O) groups is 1. The first-order chi connectivity index (χ1) is 20.0. The summed E-state index contributed by atoms with van der Waals surface area (Å²) in [5, 5.41) is 2.71. The fourth-order valence-electron chi connectivity index (χ4n) is 5.48. The molecule has 0 radical (unpaired) electrons. The standard InChI is InChI=1S/C30H34F4N6O2.CH4.H2/c1-17-14-40(15-18(2)38(17)4)27-11-25(32)23(20-12-35-30(36-13-20)39-7-8-42-19(3)16-39)10-26(27)37-29(41)22-6-5-21(31)9-24(22)28(33)34;;/h5-6,9-13,17-19,28H,7-8,14-16H2,1-4H3,(H,37,41);1H4;1H/t17-,18+,19-;;/m0../s1. The first-order valence-electron chi connectivity index (χ1n) is 13.9. The van der Waals surface area contributed by atoms with Gasteiger partial charge < -0.3 is 19.9 Å². The summed E-state index contributed by atoms with van der Waals surface area (Å²) in [7, 11) is 2.01. The van der Waals surface area contributed by atoms with Crippen LogP contribution in [0.3, 0.4) is 0 Å². The van der Waals surface area contributed by atoms with Crippen LogP contribution in [-0.2, 0) is 4.74 Å². The molecule has 0 saturated carbocycles. The van der Waals surface area contributed by atoms with Gasteiger partial charge >= 0.3 is 0 Å². The van der Waals surface area contributed by atoms with E-state index >= 15 is 4.39 Å². The number of benzene rings is 2. The molecule has 0 spiro atoms. The monoisotopic (exact) mass is 604 g/mol. The minimum Gasteiger partial charge on any atom is -0.375 e. The van der Waals surface area contributed by atoms with Gasteiger partial charge in [-0.3, -0.25) is 9.69 Å². The van der Waals surface area contributed by atoms with Crippen LogP contribution < -0.4 is 15.1 Å². The zero-order valence-corrected chi connectivity index (χ0v) is 24.0. The molecule has 0 unspecified atom stereocenters. The number of nitrogens with one attached hydrogen (secondary N) is 1. The first-order valence-corrected chi connectivity index (χ1v) is 13.9. The third-order valence-electron chi connectivity index (χ3n) is 8.00. The number of piperazine rings is 1. The molecule has 3 atom stereocenters. The highest BCUT2D eigenvalue weighted by Crippen LogP contribution is 2.36. The van der Waals surface area contributed by atoms with Gasteiger partial charge in [-0.25, -0.2) is 27.5 Å². The smallest absolute Gasteiger partial charge is 0.264 e. The first kappa shape index (κ1) is 32.2. The molecule has 234 valence electrons. The molecule has 2 aromatic carbocycles. The molecule has 8 nitrogen and oxygen atoms in total. The molecule has 1 amide bonds. The van der Waals surface area contributed by atoms with Gasteiger partial charge in [-0.1, -0.05) is 7.43 Å². The number of anilines is 3. The number of hydrogen-bond acceptors (Lipinski definition) is 7. The Balaban J connectivity index is 0.00000264. The van der Waals surface area contributed by atoms with E-state index in [0.29, 0.717) is 56.1 Å². The molecule has 5 rings (SSSR count). The summed E-state index contributed by atoms with van der Waals surface area (Å²) in [5.41, 5.74) is 0.0810. The molecule has 2 saturated heterocycles. The van der Waals surface area contributed by atoms with E-state index in [4.69, 9.17) is 4.74 Å². The molecular weight excluding hydrogens is 564 g/mol. The predicted octanol–water partition coefficient (Wildman–Crippen LogP) is 6.25. The van der Waals surface area contributed by atoms with E-state index in [9.17, 15) is 18.0 Å². The Labute approximate surface area is 251 Å². The summed E-state index contributed by atoms with van der Waals surface area (Å²) in [5.74, 6) is -1.78. The number of rotatable bonds is 6. The Bertz CT molecular complexity index is 1440. The van der Waals surface area contributed by atoms with Crippen molar-refractivity contribution in [3.63, 3.8) is 0 Å². The van der Waals surface area contributed by atoms with Gasteiger partial charge in [0.1, 0.15) is 11.6 Å². The van der Waals surface area contributed by atoms with E-state index in [0.717, 1.165) is 12.1 Å². The number of ether oxygens (including phenoxy) is 1. The average Bonchev–Trinajstić information content (AvgIpc) is 2.96. The number of aromatic nitrogens is 2. The highest BCUT2D eigenvalue weighted by Gasteiger charge is 2.30. The van der Waals surface area contributed by atoms with Gasteiger partial charge in [-0.2, -0.15) is 0 Å². The molecular formula is C31H40F4N6O2. The summed E-state index contributed by atoms with van der Waals surface area (Å²) >= 11 is 0. The number of alkyl halides is 2. The molecule has 2 fully saturated rings. The summed E-state index contributed by atoms with van der Waals surface area (Å²) in [4.78, 5) is 28.4. The fourth-order valence-corrected chi connectivity index (χ4v) is 5.48. The van der Waals surface area contributed by atoms with Crippen LogP contribution in [0.15, 0.2) is 42.7 Å². The molecule has 2 aliphatic rings. The van der Waals surface area contributed by atoms with Gasteiger partial charge in [0, 0.05) is 74.3 Å². The van der Waals surface area contributed by atoms with Crippen LogP contribution in [0.4, 0.5) is 34.9 Å². The van der Waals surface area contributed by atoms with Crippen molar-refractivity contribution < 1.29 is 28.5 Å². The minimum absolute atomic E-state index is 0. The van der Waals surface area contributed by atoms with Gasteiger partial charge in [0.15, 0.2) is 0 Å². The zero-order valence-electron chi connectivity index (χ0n) is 24.0. The number of amides is 1. The molecule has 3 heterocycles. The van der Waals surface area contributed by atoms with E-state index in [1.165, 1.54) is 24.5 Å². The van der Waals surface area contributed by atoms with Crippen molar-refractivity contribution in [2.45, 2.75) is 52.8 Å². The van der Waals surface area contributed by atoms with Crippen LogP contribution in [0.1, 0.15) is 52.0 Å². The Hall–Kier alpha value is -3.77. The van der Waals surface area contributed by atoms with Crippen molar-refractivity contribution in [2.75, 3.05) is 55.0 Å². The second-order valence-corrected chi connectivity index (χ2v) is 11.0. The highest BCUT2D eigenvalue weighted by atomic mass is 19.3. The second-order valence-electron chi connectivity index (χ2n) is 11.0. The molecule has 0 bridgehead atoms. The highest BCUT2D eigenvalue weighted by molar-refractivity contribution is 6.07. The molecule has 0 aliphatic carbocycles. The minimum atomic E-state index is -3.06. The number of halogens is 4. The SMILES string of the molecule is C.C[C@@H]1CN(c2cc(F)c(-c3cnc(N4CCO[C@@H](C)C4)nc3)cc2NC(=O)c2ccc(F)cc2C(F)F)C[C@H](C)N1C.[HH]. The summed E-state index contributed by atoms with van der Waals surface area (Å²) < 4.78 is 62.4. The molecule has 1 N–H and O–H groups in total. The normalized spacial score (nSPS) is 21.1. The van der Waals surface area contributed by atoms with Crippen LogP contribution in [0.2, 0.25) is 0 Å². The number of likely N-dealkylation sites (N-methyl/N-ethyl adjacent to an activating group) is 1. The summed E-state index contributed by atoms with van der Waals surface area (Å²) in [6, 6.07) is 5.69. The van der Waals surface area contributed by atoms with E-state index in [1.807, 2.05) is 37.6 Å². The van der Waals surface area contributed by atoms with Crippen molar-refractivity contribution in [3.8, 4) is 11.1 Å². The van der Waals surface area contributed by atoms with E-state index in [-0.39, 0.29) is 43.9 Å². The number of carbonyl (C=O) groups excluding carboxylic acids is 1. The molecule has 1 aromatic heterocycles. The molecule has 2 aliphatic heterocycles. The van der Waals surface area contributed by atoms with Gasteiger partial charge in [0.2, 0.25) is 5.95 Å². The van der Waals surface area contributed by atoms with E-state index in [1.54, 1.807) is 0 Å². The molecule has 12 heteroatoms. The van der Waals surface area contributed by atoms with Crippen LogP contribution in [0, 0.1) is 11.6 Å². The Morgan fingerprint density at radius 3 is 2.33 bits per heavy atom. The largest absolute Gasteiger partial charge is 0.375 e. The van der Waals surface area contributed by atoms with Gasteiger partial charge in [0.25, 0.3) is 12.3 Å². The molecule has 3 aromatic rings. The van der Waals surface area contributed by atoms with Crippen LogP contribution in [0.25, 0.3) is 11.1 Å². The maximum atomic E-state index is 15.7. The van der Waals surface area contributed by atoms with Crippen molar-refractivity contribution in [1.29, 1.82) is 0 Å².